The molecule has 0 aliphatic heterocycles. The third-order valence-electron chi connectivity index (χ3n) is 4.35. The van der Waals surface area contributed by atoms with Crippen LogP contribution < -0.4 is 11.1 Å². The fraction of sp³-hybridized carbons (Fsp3) is 0.235. The molecule has 3 N–H and O–H groups in total. The molecule has 0 bridgehead atoms. The second kappa shape index (κ2) is 6.93. The number of halogens is 4. The molecule has 4 aromatic heterocycles. The van der Waals surface area contributed by atoms with Gasteiger partial charge in [-0.25, -0.2) is 19.3 Å². The summed E-state index contributed by atoms with van der Waals surface area (Å²) in [4.78, 5) is 19.7. The second-order valence-corrected chi connectivity index (χ2v) is 6.55. The molecule has 9 nitrogen and oxygen atoms in total. The maximum Gasteiger partial charge on any atom is 0.431 e. The van der Waals surface area contributed by atoms with Crippen molar-refractivity contribution in [1.82, 2.24) is 34.1 Å². The zero-order valence-electron chi connectivity index (χ0n) is 15.7. The molecular formula is C17H15F4N9. The number of aryl methyl sites for hydroxylation is 1. The first kappa shape index (κ1) is 19.5. The summed E-state index contributed by atoms with van der Waals surface area (Å²) in [6.07, 6.45) is 0.196. The molecule has 4 aromatic rings. The molecule has 0 unspecified atom stereocenters. The molecule has 13 heteroatoms. The van der Waals surface area contributed by atoms with Gasteiger partial charge in [0, 0.05) is 13.2 Å². The number of anilines is 3. The van der Waals surface area contributed by atoms with Crippen LogP contribution in [0.1, 0.15) is 24.5 Å². The molecule has 30 heavy (non-hydrogen) atoms. The minimum atomic E-state index is -4.72. The summed E-state index contributed by atoms with van der Waals surface area (Å²) in [6, 6.07) is -0.100. The van der Waals surface area contributed by atoms with E-state index in [9.17, 15) is 17.6 Å². The molecule has 0 fully saturated rings. The Morgan fingerprint density at radius 2 is 1.83 bits per heavy atom. The quantitative estimate of drug-likeness (QED) is 0.487. The number of nitrogen functional groups attached to an aromatic ring is 1. The average Bonchev–Trinajstić information content (AvgIpc) is 3.25. The van der Waals surface area contributed by atoms with Gasteiger partial charge in [0.2, 0.25) is 5.95 Å². The molecule has 0 aliphatic rings. The molecule has 0 aromatic carbocycles. The van der Waals surface area contributed by atoms with E-state index < -0.39 is 23.7 Å². The van der Waals surface area contributed by atoms with E-state index in [1.165, 1.54) is 13.3 Å². The van der Waals surface area contributed by atoms with Crippen LogP contribution in [0.15, 0.2) is 31.0 Å². The van der Waals surface area contributed by atoms with Crippen LogP contribution in [0.4, 0.5) is 35.1 Å². The molecule has 1 atom stereocenters. The highest BCUT2D eigenvalue weighted by atomic mass is 19.4. The average molecular weight is 421 g/mol. The summed E-state index contributed by atoms with van der Waals surface area (Å²) in [5, 5.41) is 2.94. The maximum atomic E-state index is 13.9. The highest BCUT2D eigenvalue weighted by molar-refractivity contribution is 5.91. The van der Waals surface area contributed by atoms with Crippen molar-refractivity contribution in [2.24, 2.45) is 7.05 Å². The van der Waals surface area contributed by atoms with Gasteiger partial charge in [0.25, 0.3) is 0 Å². The minimum Gasteiger partial charge on any atom is -0.368 e. The van der Waals surface area contributed by atoms with Crippen LogP contribution in [0.3, 0.4) is 0 Å². The van der Waals surface area contributed by atoms with E-state index in [1.54, 1.807) is 17.8 Å². The van der Waals surface area contributed by atoms with E-state index in [0.717, 1.165) is 23.0 Å². The van der Waals surface area contributed by atoms with Crippen molar-refractivity contribution < 1.29 is 17.6 Å². The van der Waals surface area contributed by atoms with Gasteiger partial charge in [-0.05, 0) is 13.0 Å². The molecule has 156 valence electrons. The Morgan fingerprint density at radius 1 is 1.13 bits per heavy atom. The summed E-state index contributed by atoms with van der Waals surface area (Å²) >= 11 is 0. The topological polar surface area (TPSA) is 112 Å². The Kier molecular flexibility index (Phi) is 4.51. The van der Waals surface area contributed by atoms with Crippen LogP contribution >= 0.6 is 0 Å². The van der Waals surface area contributed by atoms with E-state index in [4.69, 9.17) is 5.73 Å². The van der Waals surface area contributed by atoms with E-state index in [-0.39, 0.29) is 28.6 Å². The number of alkyl halides is 3. The van der Waals surface area contributed by atoms with Crippen LogP contribution in [0, 0.1) is 5.82 Å². The summed E-state index contributed by atoms with van der Waals surface area (Å²) in [7, 11) is 1.74. The Bertz CT molecular complexity index is 1210. The predicted octanol–water partition coefficient (Wildman–Crippen LogP) is 3.05. The first-order valence-corrected chi connectivity index (χ1v) is 8.61. The van der Waals surface area contributed by atoms with Crippen LogP contribution in [0.2, 0.25) is 0 Å². The van der Waals surface area contributed by atoms with Crippen molar-refractivity contribution >= 4 is 28.6 Å². The van der Waals surface area contributed by atoms with Gasteiger partial charge in [-0.2, -0.15) is 23.1 Å². The second-order valence-electron chi connectivity index (χ2n) is 6.55. The van der Waals surface area contributed by atoms with Crippen molar-refractivity contribution in [3.05, 3.63) is 48.3 Å². The van der Waals surface area contributed by atoms with Gasteiger partial charge in [0.05, 0.1) is 30.1 Å². The number of imidazole rings is 1. The fourth-order valence-electron chi connectivity index (χ4n) is 3.07. The van der Waals surface area contributed by atoms with Crippen LogP contribution in [0.25, 0.3) is 11.0 Å². The summed E-state index contributed by atoms with van der Waals surface area (Å²) in [6.45, 7) is 1.45. The molecule has 0 spiro atoms. The highest BCUT2D eigenvalue weighted by Gasteiger charge is 2.38. The van der Waals surface area contributed by atoms with Crippen molar-refractivity contribution in [2.45, 2.75) is 19.1 Å². The SMILES string of the molecule is C[C@H](c1ncc(F)cn1)n1c(C(F)(F)F)cc2c(Nc3cn(C)cn3)nc(N)nc21. The van der Waals surface area contributed by atoms with Crippen LogP contribution in [0.5, 0.6) is 0 Å². The molecule has 4 heterocycles. The molecule has 0 radical (unpaired) electrons. The fourth-order valence-corrected chi connectivity index (χ4v) is 3.07. The van der Waals surface area contributed by atoms with Crippen molar-refractivity contribution in [3.8, 4) is 0 Å². The number of rotatable bonds is 4. The molecule has 0 aliphatic carbocycles. The number of nitrogens with two attached hydrogens (primary N) is 1. The molecule has 0 saturated carbocycles. The van der Waals surface area contributed by atoms with Gasteiger partial charge in [0.1, 0.15) is 23.0 Å². The molecule has 0 saturated heterocycles. The van der Waals surface area contributed by atoms with Gasteiger partial charge >= 0.3 is 6.18 Å². The first-order valence-electron chi connectivity index (χ1n) is 8.61. The van der Waals surface area contributed by atoms with Gasteiger partial charge in [-0.1, -0.05) is 0 Å². The zero-order valence-corrected chi connectivity index (χ0v) is 15.7. The molecule has 0 amide bonds. The lowest BCUT2D eigenvalue weighted by molar-refractivity contribution is -0.143. The largest absolute Gasteiger partial charge is 0.431 e. The van der Waals surface area contributed by atoms with Gasteiger partial charge in [-0.3, -0.25) is 0 Å². The van der Waals surface area contributed by atoms with E-state index in [1.807, 2.05) is 0 Å². The van der Waals surface area contributed by atoms with E-state index >= 15 is 0 Å². The Labute approximate surface area is 166 Å². The van der Waals surface area contributed by atoms with E-state index in [0.29, 0.717) is 5.82 Å². The Balaban J connectivity index is 1.92. The maximum absolute atomic E-state index is 13.9. The predicted molar refractivity (Wildman–Crippen MR) is 99.2 cm³/mol. The van der Waals surface area contributed by atoms with Gasteiger partial charge in [0.15, 0.2) is 11.6 Å². The van der Waals surface area contributed by atoms with Crippen molar-refractivity contribution in [3.63, 3.8) is 0 Å². The van der Waals surface area contributed by atoms with Crippen molar-refractivity contribution in [1.29, 1.82) is 0 Å². The van der Waals surface area contributed by atoms with Crippen LogP contribution in [-0.4, -0.2) is 34.1 Å². The number of hydrogen-bond acceptors (Lipinski definition) is 7. The minimum absolute atomic E-state index is 0.0178. The smallest absolute Gasteiger partial charge is 0.368 e. The Hall–Kier alpha value is -3.77. The van der Waals surface area contributed by atoms with Crippen LogP contribution in [-0.2, 0) is 13.2 Å². The summed E-state index contributed by atoms with van der Waals surface area (Å²) in [5.74, 6) is -0.523. The normalized spacial score (nSPS) is 13.0. The number of hydrogen-bond donors (Lipinski definition) is 2. The highest BCUT2D eigenvalue weighted by Crippen LogP contribution is 2.39. The standard InChI is InChI=1S/C17H15F4N9/c1-8(13-23-4-9(18)5-24-13)30-11(17(19,20)21)3-10-14(27-16(22)28-15(10)30)26-12-6-29(2)7-25-12/h3-8H,1-2H3,(H3,22,26,27,28)/t8-/m1/s1. The van der Waals surface area contributed by atoms with Gasteiger partial charge < -0.3 is 20.2 Å². The summed E-state index contributed by atoms with van der Waals surface area (Å²) in [5.41, 5.74) is 4.69. The lowest BCUT2D eigenvalue weighted by atomic mass is 10.3. The monoisotopic (exact) mass is 421 g/mol. The van der Waals surface area contributed by atoms with E-state index in [2.05, 4.69) is 30.2 Å². The molecule has 4 rings (SSSR count). The third kappa shape index (κ3) is 3.49. The lowest BCUT2D eigenvalue weighted by Gasteiger charge is -2.18. The number of nitrogens with zero attached hydrogens (tertiary/aromatic N) is 7. The van der Waals surface area contributed by atoms with Crippen molar-refractivity contribution in [2.75, 3.05) is 11.1 Å². The zero-order chi connectivity index (χ0) is 21.6. The summed E-state index contributed by atoms with van der Waals surface area (Å²) < 4.78 is 57.3. The third-order valence-corrected chi connectivity index (χ3v) is 4.35. The number of fused-ring (bicyclic) bond motifs is 1. The van der Waals surface area contributed by atoms with Gasteiger partial charge in [-0.15, -0.1) is 0 Å². The number of nitrogens with one attached hydrogen (secondary N) is 1. The molecular weight excluding hydrogens is 406 g/mol. The number of aromatic nitrogens is 7. The first-order chi connectivity index (χ1) is 14.1. The Morgan fingerprint density at radius 3 is 2.43 bits per heavy atom. The lowest BCUT2D eigenvalue weighted by Crippen LogP contribution is -2.19.